The van der Waals surface area contributed by atoms with Crippen LogP contribution in [0.3, 0.4) is 0 Å². The van der Waals surface area contributed by atoms with E-state index in [-0.39, 0.29) is 5.41 Å². The fourth-order valence-corrected chi connectivity index (χ4v) is 1.44. The van der Waals surface area contributed by atoms with E-state index in [1.807, 2.05) is 19.9 Å². The monoisotopic (exact) mass is 193 g/mol. The van der Waals surface area contributed by atoms with Crippen molar-refractivity contribution in [2.24, 2.45) is 5.41 Å². The molecule has 0 aliphatic rings. The van der Waals surface area contributed by atoms with E-state index in [2.05, 4.69) is 12.6 Å². The molecule has 0 heterocycles. The van der Waals surface area contributed by atoms with Crippen molar-refractivity contribution in [2.75, 3.05) is 0 Å². The summed E-state index contributed by atoms with van der Waals surface area (Å²) in [5, 5.41) is 8.81. The zero-order valence-electron chi connectivity index (χ0n) is 9.68. The fourth-order valence-electron chi connectivity index (χ4n) is 1.44. The molecule has 80 valence electrons. The van der Waals surface area contributed by atoms with Crippen LogP contribution >= 0.6 is 0 Å². The van der Waals surface area contributed by atoms with Gasteiger partial charge in [0.15, 0.2) is 0 Å². The molecule has 0 aliphatic heterocycles. The maximum Gasteiger partial charge on any atom is 0.0683 e. The normalized spacial score (nSPS) is 10.9. The van der Waals surface area contributed by atoms with Gasteiger partial charge in [0.2, 0.25) is 0 Å². The summed E-state index contributed by atoms with van der Waals surface area (Å²) in [6, 6.07) is 2.34. The van der Waals surface area contributed by atoms with E-state index in [0.29, 0.717) is 0 Å². The molecule has 0 saturated heterocycles. The summed E-state index contributed by atoms with van der Waals surface area (Å²) < 4.78 is 0. The highest BCUT2D eigenvalue weighted by molar-refractivity contribution is 4.91. The Morgan fingerprint density at radius 2 is 1.71 bits per heavy atom. The number of hydrogen-bond donors (Lipinski definition) is 0. The molecular formula is C13H23N. The van der Waals surface area contributed by atoms with Crippen LogP contribution in [0.4, 0.5) is 0 Å². The van der Waals surface area contributed by atoms with Gasteiger partial charge in [0.05, 0.1) is 11.5 Å². The Kier molecular flexibility index (Phi) is 7.20. The van der Waals surface area contributed by atoms with Crippen molar-refractivity contribution in [1.29, 1.82) is 5.26 Å². The van der Waals surface area contributed by atoms with E-state index in [9.17, 15) is 0 Å². The largest absolute Gasteiger partial charge is 0.198 e. The Labute approximate surface area is 88.8 Å². The molecule has 1 nitrogen and oxygen atoms in total. The van der Waals surface area contributed by atoms with Gasteiger partial charge in [-0.1, -0.05) is 31.8 Å². The summed E-state index contributed by atoms with van der Waals surface area (Å²) in [4.78, 5) is 0. The molecule has 0 fully saturated rings. The van der Waals surface area contributed by atoms with Crippen molar-refractivity contribution in [3.05, 3.63) is 12.7 Å². The second-order valence-electron chi connectivity index (χ2n) is 4.59. The summed E-state index contributed by atoms with van der Waals surface area (Å²) in [5.74, 6) is 0. The van der Waals surface area contributed by atoms with Crippen LogP contribution in [0.1, 0.15) is 58.8 Å². The number of nitriles is 1. The summed E-state index contributed by atoms with van der Waals surface area (Å²) >= 11 is 0. The maximum absolute atomic E-state index is 8.81. The van der Waals surface area contributed by atoms with Crippen LogP contribution in [0.2, 0.25) is 0 Å². The lowest BCUT2D eigenvalue weighted by Gasteiger charge is -2.13. The molecule has 14 heavy (non-hydrogen) atoms. The van der Waals surface area contributed by atoms with E-state index in [1.54, 1.807) is 0 Å². The van der Waals surface area contributed by atoms with Gasteiger partial charge >= 0.3 is 0 Å². The minimum Gasteiger partial charge on any atom is -0.198 e. The third-order valence-corrected chi connectivity index (χ3v) is 2.51. The molecule has 0 aromatic carbocycles. The summed E-state index contributed by atoms with van der Waals surface area (Å²) in [5.41, 5.74) is -0.124. The van der Waals surface area contributed by atoms with Gasteiger partial charge in [0, 0.05) is 0 Å². The van der Waals surface area contributed by atoms with Gasteiger partial charge in [-0.15, -0.1) is 6.58 Å². The Balaban J connectivity index is 3.22. The Morgan fingerprint density at radius 1 is 1.14 bits per heavy atom. The van der Waals surface area contributed by atoms with Crippen LogP contribution in [0.15, 0.2) is 12.7 Å². The first-order valence-corrected chi connectivity index (χ1v) is 5.64. The topological polar surface area (TPSA) is 23.8 Å². The smallest absolute Gasteiger partial charge is 0.0683 e. The molecule has 0 aliphatic carbocycles. The number of allylic oxidation sites excluding steroid dienone is 1. The summed E-state index contributed by atoms with van der Waals surface area (Å²) in [7, 11) is 0. The molecule has 0 bridgehead atoms. The van der Waals surface area contributed by atoms with Crippen molar-refractivity contribution >= 4 is 0 Å². The Hall–Kier alpha value is -0.770. The quantitative estimate of drug-likeness (QED) is 0.412. The SMILES string of the molecule is C=CCCCCCCCC(C)(C)C#N. The summed E-state index contributed by atoms with van der Waals surface area (Å²) in [6.45, 7) is 7.74. The molecule has 0 amide bonds. The van der Waals surface area contributed by atoms with E-state index in [1.165, 1.54) is 32.1 Å². The molecule has 0 N–H and O–H groups in total. The average Bonchev–Trinajstić information content (AvgIpc) is 2.16. The van der Waals surface area contributed by atoms with E-state index in [4.69, 9.17) is 5.26 Å². The predicted octanol–water partition coefficient (Wildman–Crippen LogP) is 4.45. The van der Waals surface area contributed by atoms with Gasteiger partial charge < -0.3 is 0 Å². The number of nitrogens with zero attached hydrogens (tertiary/aromatic N) is 1. The highest BCUT2D eigenvalue weighted by atomic mass is 14.3. The van der Waals surface area contributed by atoms with Crippen molar-refractivity contribution in [3.8, 4) is 6.07 Å². The molecule has 0 spiro atoms. The van der Waals surface area contributed by atoms with Crippen molar-refractivity contribution in [2.45, 2.75) is 58.8 Å². The maximum atomic E-state index is 8.81. The molecule has 0 aromatic heterocycles. The third kappa shape index (κ3) is 7.86. The lowest BCUT2D eigenvalue weighted by molar-refractivity contribution is 0.420. The Bertz CT molecular complexity index is 186. The van der Waals surface area contributed by atoms with Gasteiger partial charge in [-0.25, -0.2) is 0 Å². The van der Waals surface area contributed by atoms with Gasteiger partial charge in [-0.3, -0.25) is 0 Å². The first-order valence-electron chi connectivity index (χ1n) is 5.64. The van der Waals surface area contributed by atoms with Crippen LogP contribution in [-0.2, 0) is 0 Å². The lowest BCUT2D eigenvalue weighted by atomic mass is 9.88. The van der Waals surface area contributed by atoms with Crippen LogP contribution < -0.4 is 0 Å². The third-order valence-electron chi connectivity index (χ3n) is 2.51. The van der Waals surface area contributed by atoms with E-state index >= 15 is 0 Å². The van der Waals surface area contributed by atoms with Crippen LogP contribution in [-0.4, -0.2) is 0 Å². The minimum absolute atomic E-state index is 0.124. The number of unbranched alkanes of at least 4 members (excludes halogenated alkanes) is 5. The first kappa shape index (κ1) is 13.2. The lowest BCUT2D eigenvalue weighted by Crippen LogP contribution is -2.06. The molecule has 1 heteroatoms. The second kappa shape index (κ2) is 7.62. The number of rotatable bonds is 8. The minimum atomic E-state index is -0.124. The molecule has 0 atom stereocenters. The van der Waals surface area contributed by atoms with Crippen LogP contribution in [0.25, 0.3) is 0 Å². The van der Waals surface area contributed by atoms with Gasteiger partial charge in [-0.05, 0) is 33.1 Å². The molecule has 0 rings (SSSR count). The zero-order chi connectivity index (χ0) is 10.9. The highest BCUT2D eigenvalue weighted by Gasteiger charge is 2.14. The standard InChI is InChI=1S/C13H23N/c1-4-5-6-7-8-9-10-11-13(2,3)12-14/h4H,1,5-11H2,2-3H3. The van der Waals surface area contributed by atoms with E-state index < -0.39 is 0 Å². The van der Waals surface area contributed by atoms with E-state index in [0.717, 1.165) is 12.8 Å². The van der Waals surface area contributed by atoms with Gasteiger partial charge in [0.25, 0.3) is 0 Å². The average molecular weight is 193 g/mol. The molecule has 0 aromatic rings. The molecule has 0 unspecified atom stereocenters. The van der Waals surface area contributed by atoms with Crippen molar-refractivity contribution < 1.29 is 0 Å². The molecular weight excluding hydrogens is 170 g/mol. The van der Waals surface area contributed by atoms with Crippen LogP contribution in [0, 0.1) is 16.7 Å². The highest BCUT2D eigenvalue weighted by Crippen LogP contribution is 2.22. The van der Waals surface area contributed by atoms with Crippen LogP contribution in [0.5, 0.6) is 0 Å². The van der Waals surface area contributed by atoms with Crippen molar-refractivity contribution in [1.82, 2.24) is 0 Å². The number of hydrogen-bond acceptors (Lipinski definition) is 1. The van der Waals surface area contributed by atoms with Crippen molar-refractivity contribution in [3.63, 3.8) is 0 Å². The molecule has 0 radical (unpaired) electrons. The summed E-state index contributed by atoms with van der Waals surface area (Å²) in [6.07, 6.45) is 10.5. The van der Waals surface area contributed by atoms with Gasteiger partial charge in [0.1, 0.15) is 0 Å². The fraction of sp³-hybridized carbons (Fsp3) is 0.769. The second-order valence-corrected chi connectivity index (χ2v) is 4.59. The predicted molar refractivity (Wildman–Crippen MR) is 61.9 cm³/mol. The first-order chi connectivity index (χ1) is 6.62. The Morgan fingerprint density at radius 3 is 2.29 bits per heavy atom. The van der Waals surface area contributed by atoms with Gasteiger partial charge in [-0.2, -0.15) is 5.26 Å². The molecule has 0 saturated carbocycles. The zero-order valence-corrected chi connectivity index (χ0v) is 9.68.